The van der Waals surface area contributed by atoms with Crippen molar-refractivity contribution in [3.8, 4) is 0 Å². The average Bonchev–Trinajstić information content (AvgIpc) is 3.12. The van der Waals surface area contributed by atoms with Gasteiger partial charge in [0.2, 0.25) is 5.91 Å². The van der Waals surface area contributed by atoms with E-state index < -0.39 is 0 Å². The molecule has 18 heavy (non-hydrogen) atoms. The van der Waals surface area contributed by atoms with Gasteiger partial charge in [-0.05, 0) is 30.5 Å². The number of likely N-dealkylation sites (N-methyl/N-ethyl adjacent to an activating group) is 1. The quantitative estimate of drug-likeness (QED) is 0.852. The summed E-state index contributed by atoms with van der Waals surface area (Å²) in [4.78, 5) is 13.5. The maximum Gasteiger partial charge on any atom is 0.239 e. The molecule has 0 radical (unpaired) electrons. The van der Waals surface area contributed by atoms with E-state index in [-0.39, 0.29) is 19.1 Å². The number of carbonyl (C=O) groups excluding carboxylic acids is 1. The second-order valence-electron chi connectivity index (χ2n) is 4.64. The number of aliphatic hydroxyl groups is 1. The lowest BCUT2D eigenvalue weighted by Crippen LogP contribution is -2.36. The summed E-state index contributed by atoms with van der Waals surface area (Å²) in [5.41, 5.74) is 1.55. The number of aliphatic hydroxyl groups excluding tert-OH is 1. The Bertz CT molecular complexity index is 447. The number of rotatable bonds is 5. The van der Waals surface area contributed by atoms with Crippen LogP contribution in [0.5, 0.6) is 0 Å². The minimum Gasteiger partial charge on any atom is -0.392 e. The van der Waals surface area contributed by atoms with Crippen LogP contribution in [0, 0.1) is 0 Å². The van der Waals surface area contributed by atoms with Crippen molar-refractivity contribution in [2.45, 2.75) is 25.5 Å². The smallest absolute Gasteiger partial charge is 0.239 e. The summed E-state index contributed by atoms with van der Waals surface area (Å²) in [7, 11) is 1.83. The zero-order valence-corrected chi connectivity index (χ0v) is 11.1. The van der Waals surface area contributed by atoms with Crippen LogP contribution in [-0.4, -0.2) is 30.6 Å². The summed E-state index contributed by atoms with van der Waals surface area (Å²) in [6.45, 7) is 0.251. The van der Waals surface area contributed by atoms with Crippen LogP contribution in [0.15, 0.2) is 18.2 Å². The van der Waals surface area contributed by atoms with Gasteiger partial charge in [0.15, 0.2) is 0 Å². The Morgan fingerprint density at radius 2 is 2.28 bits per heavy atom. The zero-order chi connectivity index (χ0) is 13.1. The lowest BCUT2D eigenvalue weighted by Gasteiger charge is -2.20. The molecule has 98 valence electrons. The van der Waals surface area contributed by atoms with E-state index in [1.54, 1.807) is 17.0 Å². The third-order valence-corrected chi connectivity index (χ3v) is 3.23. The maximum atomic E-state index is 11.7. The SMILES string of the molecule is CN(CC(=O)NC1CC1)c1ccc(CO)cc1Cl. The van der Waals surface area contributed by atoms with Crippen molar-refractivity contribution in [2.24, 2.45) is 0 Å². The van der Waals surface area contributed by atoms with Crippen LogP contribution in [0.1, 0.15) is 18.4 Å². The lowest BCUT2D eigenvalue weighted by atomic mass is 10.2. The monoisotopic (exact) mass is 268 g/mol. The van der Waals surface area contributed by atoms with Crippen molar-refractivity contribution >= 4 is 23.2 Å². The standard InChI is InChI=1S/C13H17ClN2O2/c1-16(7-13(18)15-10-3-4-10)12-5-2-9(8-17)6-11(12)14/h2,5-6,10,17H,3-4,7-8H2,1H3,(H,15,18). The molecule has 1 fully saturated rings. The molecule has 0 aromatic heterocycles. The Morgan fingerprint density at radius 3 is 2.83 bits per heavy atom. The van der Waals surface area contributed by atoms with Gasteiger partial charge in [0, 0.05) is 13.1 Å². The van der Waals surface area contributed by atoms with Gasteiger partial charge in [0.25, 0.3) is 0 Å². The van der Waals surface area contributed by atoms with E-state index >= 15 is 0 Å². The number of hydrogen-bond donors (Lipinski definition) is 2. The Labute approximate surface area is 112 Å². The molecule has 0 aliphatic heterocycles. The van der Waals surface area contributed by atoms with Gasteiger partial charge in [0.05, 0.1) is 23.9 Å². The number of benzene rings is 1. The molecule has 0 atom stereocenters. The predicted molar refractivity (Wildman–Crippen MR) is 71.8 cm³/mol. The second-order valence-corrected chi connectivity index (χ2v) is 5.05. The van der Waals surface area contributed by atoms with Crippen molar-refractivity contribution < 1.29 is 9.90 Å². The molecule has 1 aliphatic carbocycles. The fraction of sp³-hybridized carbons (Fsp3) is 0.462. The van der Waals surface area contributed by atoms with Crippen molar-refractivity contribution in [1.82, 2.24) is 5.32 Å². The average molecular weight is 269 g/mol. The summed E-state index contributed by atoms with van der Waals surface area (Å²) < 4.78 is 0. The van der Waals surface area contributed by atoms with Gasteiger partial charge >= 0.3 is 0 Å². The highest BCUT2D eigenvalue weighted by molar-refractivity contribution is 6.33. The summed E-state index contributed by atoms with van der Waals surface area (Å²) in [5.74, 6) is 0.0160. The van der Waals surface area contributed by atoms with Crippen LogP contribution < -0.4 is 10.2 Å². The van der Waals surface area contributed by atoms with Gasteiger partial charge < -0.3 is 15.3 Å². The maximum absolute atomic E-state index is 11.7. The van der Waals surface area contributed by atoms with Crippen LogP contribution in [-0.2, 0) is 11.4 Å². The topological polar surface area (TPSA) is 52.6 Å². The minimum atomic E-state index is -0.0358. The van der Waals surface area contributed by atoms with Crippen molar-refractivity contribution in [1.29, 1.82) is 0 Å². The number of amides is 1. The molecule has 0 heterocycles. The number of carbonyl (C=O) groups is 1. The van der Waals surface area contributed by atoms with Gasteiger partial charge in [0.1, 0.15) is 0 Å². The molecule has 2 N–H and O–H groups in total. The largest absolute Gasteiger partial charge is 0.392 e. The van der Waals surface area contributed by atoms with E-state index in [2.05, 4.69) is 5.32 Å². The van der Waals surface area contributed by atoms with E-state index in [0.29, 0.717) is 11.1 Å². The predicted octanol–water partition coefficient (Wildman–Crippen LogP) is 1.55. The number of nitrogens with zero attached hydrogens (tertiary/aromatic N) is 1. The number of hydrogen-bond acceptors (Lipinski definition) is 3. The molecule has 1 amide bonds. The summed E-state index contributed by atoms with van der Waals surface area (Å²) in [6, 6.07) is 5.71. The number of halogens is 1. The molecule has 0 unspecified atom stereocenters. The summed E-state index contributed by atoms with van der Waals surface area (Å²) in [6.07, 6.45) is 2.17. The van der Waals surface area contributed by atoms with Gasteiger partial charge in [-0.25, -0.2) is 0 Å². The van der Waals surface area contributed by atoms with Gasteiger partial charge in [-0.15, -0.1) is 0 Å². The molecule has 1 aromatic carbocycles. The molecule has 1 saturated carbocycles. The molecular formula is C13H17ClN2O2. The molecule has 4 nitrogen and oxygen atoms in total. The highest BCUT2D eigenvalue weighted by Gasteiger charge is 2.23. The highest BCUT2D eigenvalue weighted by atomic mass is 35.5. The molecule has 2 rings (SSSR count). The Kier molecular flexibility index (Phi) is 4.09. The normalized spacial score (nSPS) is 14.4. The van der Waals surface area contributed by atoms with Gasteiger partial charge in [-0.3, -0.25) is 4.79 Å². The van der Waals surface area contributed by atoms with Gasteiger partial charge in [-0.1, -0.05) is 17.7 Å². The minimum absolute atomic E-state index is 0.0160. The molecule has 1 aromatic rings. The zero-order valence-electron chi connectivity index (χ0n) is 10.3. The Morgan fingerprint density at radius 1 is 1.56 bits per heavy atom. The van der Waals surface area contributed by atoms with E-state index in [0.717, 1.165) is 24.1 Å². The second kappa shape index (κ2) is 5.59. The third-order valence-electron chi connectivity index (χ3n) is 2.93. The van der Waals surface area contributed by atoms with Crippen molar-refractivity contribution in [3.05, 3.63) is 28.8 Å². The summed E-state index contributed by atoms with van der Waals surface area (Å²) >= 11 is 6.12. The first-order chi connectivity index (χ1) is 8.60. The van der Waals surface area contributed by atoms with Crippen LogP contribution in [0.25, 0.3) is 0 Å². The highest BCUT2D eigenvalue weighted by Crippen LogP contribution is 2.26. The van der Waals surface area contributed by atoms with Crippen LogP contribution in [0.3, 0.4) is 0 Å². The molecular weight excluding hydrogens is 252 g/mol. The first-order valence-corrected chi connectivity index (χ1v) is 6.37. The molecule has 0 bridgehead atoms. The molecule has 0 spiro atoms. The van der Waals surface area contributed by atoms with Crippen LogP contribution in [0.2, 0.25) is 5.02 Å². The summed E-state index contributed by atoms with van der Waals surface area (Å²) in [5, 5.41) is 12.5. The fourth-order valence-corrected chi connectivity index (χ4v) is 2.11. The van der Waals surface area contributed by atoms with E-state index in [4.69, 9.17) is 16.7 Å². The first-order valence-electron chi connectivity index (χ1n) is 6.00. The van der Waals surface area contributed by atoms with Crippen molar-refractivity contribution in [3.63, 3.8) is 0 Å². The Hall–Kier alpha value is -1.26. The van der Waals surface area contributed by atoms with Crippen LogP contribution >= 0.6 is 11.6 Å². The van der Waals surface area contributed by atoms with E-state index in [9.17, 15) is 4.79 Å². The van der Waals surface area contributed by atoms with Gasteiger partial charge in [-0.2, -0.15) is 0 Å². The number of nitrogens with one attached hydrogen (secondary N) is 1. The lowest BCUT2D eigenvalue weighted by molar-refractivity contribution is -0.119. The first kappa shape index (κ1) is 13.2. The molecule has 5 heteroatoms. The Balaban J connectivity index is 1.98. The molecule has 1 aliphatic rings. The van der Waals surface area contributed by atoms with Crippen molar-refractivity contribution in [2.75, 3.05) is 18.5 Å². The van der Waals surface area contributed by atoms with E-state index in [1.807, 2.05) is 13.1 Å². The fourth-order valence-electron chi connectivity index (χ4n) is 1.76. The molecule has 0 saturated heterocycles. The number of anilines is 1. The van der Waals surface area contributed by atoms with E-state index in [1.165, 1.54) is 0 Å². The van der Waals surface area contributed by atoms with Crippen LogP contribution in [0.4, 0.5) is 5.69 Å². The third kappa shape index (κ3) is 3.37.